The third-order valence-corrected chi connectivity index (χ3v) is 4.94. The van der Waals surface area contributed by atoms with Gasteiger partial charge in [0.15, 0.2) is 0 Å². The first-order valence-electron chi connectivity index (χ1n) is 8.46. The lowest BCUT2D eigenvalue weighted by Gasteiger charge is -2.26. The fourth-order valence-corrected chi connectivity index (χ4v) is 3.60. The van der Waals surface area contributed by atoms with E-state index in [0.29, 0.717) is 22.2 Å². The maximum atomic E-state index is 12.3. The third-order valence-electron chi connectivity index (χ3n) is 4.00. The minimum Gasteiger partial charge on any atom is -0.463 e. The highest BCUT2D eigenvalue weighted by Gasteiger charge is 2.30. The summed E-state index contributed by atoms with van der Waals surface area (Å²) in [5.41, 5.74) is 2.79. The molecule has 1 aromatic heterocycles. The van der Waals surface area contributed by atoms with Crippen molar-refractivity contribution in [2.75, 3.05) is 12.4 Å². The van der Waals surface area contributed by atoms with Crippen molar-refractivity contribution < 1.29 is 14.3 Å². The van der Waals surface area contributed by atoms with Crippen LogP contribution in [0.1, 0.15) is 19.4 Å². The molecule has 1 atom stereocenters. The Morgan fingerprint density at radius 1 is 1.37 bits per heavy atom. The second-order valence-electron chi connectivity index (χ2n) is 5.88. The average Bonchev–Trinajstić information content (AvgIpc) is 3.08. The molecule has 3 rings (SSSR count). The van der Waals surface area contributed by atoms with Crippen LogP contribution in [0, 0.1) is 6.92 Å². The Morgan fingerprint density at radius 2 is 2.15 bits per heavy atom. The van der Waals surface area contributed by atoms with Crippen molar-refractivity contribution in [2.24, 2.45) is 0 Å². The molecule has 27 heavy (non-hydrogen) atoms. The zero-order chi connectivity index (χ0) is 19.4. The lowest BCUT2D eigenvalue weighted by Crippen LogP contribution is -2.49. The maximum absolute atomic E-state index is 12.3. The number of hydrogen-bond acceptors (Lipinski definition) is 7. The minimum absolute atomic E-state index is 0.259. The van der Waals surface area contributed by atoms with E-state index in [2.05, 4.69) is 26.2 Å². The smallest absolute Gasteiger partial charge is 0.337 e. The third kappa shape index (κ3) is 4.11. The summed E-state index contributed by atoms with van der Waals surface area (Å²) >= 11 is 1.33. The normalized spacial score (nSPS) is 16.7. The summed E-state index contributed by atoms with van der Waals surface area (Å²) in [4.78, 5) is 24.1. The number of amides is 2. The summed E-state index contributed by atoms with van der Waals surface area (Å²) in [6.45, 7) is 5.71. The lowest BCUT2D eigenvalue weighted by atomic mass is 10.1. The van der Waals surface area contributed by atoms with Crippen LogP contribution in [-0.4, -0.2) is 50.6 Å². The molecule has 2 amide bonds. The second-order valence-corrected chi connectivity index (χ2v) is 6.82. The number of tetrazole rings is 1. The van der Waals surface area contributed by atoms with Crippen LogP contribution >= 0.6 is 11.8 Å². The molecule has 1 aliphatic rings. The van der Waals surface area contributed by atoms with E-state index in [1.165, 1.54) is 11.8 Å². The Bertz CT molecular complexity index is 894. The highest BCUT2D eigenvalue weighted by atomic mass is 32.2. The lowest BCUT2D eigenvalue weighted by molar-refractivity contribution is -0.138. The van der Waals surface area contributed by atoms with Crippen molar-refractivity contribution in [1.82, 2.24) is 30.8 Å². The van der Waals surface area contributed by atoms with Gasteiger partial charge in [-0.05, 0) is 42.8 Å². The molecule has 2 heterocycles. The quantitative estimate of drug-likeness (QED) is 0.571. The highest BCUT2D eigenvalue weighted by Crippen LogP contribution is 2.24. The van der Waals surface area contributed by atoms with E-state index in [-0.39, 0.29) is 12.6 Å². The van der Waals surface area contributed by atoms with E-state index in [4.69, 9.17) is 4.74 Å². The molecule has 1 aliphatic heterocycles. The molecular weight excluding hydrogens is 368 g/mol. The molecule has 1 aromatic carbocycles. The fraction of sp³-hybridized carbons (Fsp3) is 0.353. The number of esters is 1. The first kappa shape index (κ1) is 18.9. The van der Waals surface area contributed by atoms with Crippen LogP contribution in [0.2, 0.25) is 0 Å². The van der Waals surface area contributed by atoms with Crippen LogP contribution in [0.3, 0.4) is 0 Å². The van der Waals surface area contributed by atoms with Crippen molar-refractivity contribution in [3.8, 4) is 5.69 Å². The first-order chi connectivity index (χ1) is 13.0. The predicted octanol–water partition coefficient (Wildman–Crippen LogP) is 1.58. The second kappa shape index (κ2) is 8.21. The number of benzene rings is 1. The monoisotopic (exact) mass is 388 g/mol. The number of thioether (sulfide) groups is 1. The summed E-state index contributed by atoms with van der Waals surface area (Å²) < 4.78 is 6.76. The van der Waals surface area contributed by atoms with Crippen LogP contribution in [0.25, 0.3) is 5.69 Å². The Morgan fingerprint density at radius 3 is 2.89 bits per heavy atom. The molecule has 10 heteroatoms. The van der Waals surface area contributed by atoms with E-state index in [0.717, 1.165) is 11.3 Å². The number of nitrogens with one attached hydrogen (secondary N) is 2. The molecule has 0 fully saturated rings. The van der Waals surface area contributed by atoms with E-state index in [1.807, 2.05) is 31.2 Å². The number of rotatable bonds is 6. The van der Waals surface area contributed by atoms with E-state index < -0.39 is 12.0 Å². The summed E-state index contributed by atoms with van der Waals surface area (Å²) in [6.07, 6.45) is 0. The van der Waals surface area contributed by atoms with Gasteiger partial charge in [-0.15, -0.1) is 5.10 Å². The molecule has 0 radical (unpaired) electrons. The molecular formula is C17H20N6O3S. The molecule has 1 unspecified atom stereocenters. The van der Waals surface area contributed by atoms with Gasteiger partial charge in [-0.25, -0.2) is 9.59 Å². The van der Waals surface area contributed by atoms with Gasteiger partial charge in [0.2, 0.25) is 5.16 Å². The molecule has 0 saturated heterocycles. The summed E-state index contributed by atoms with van der Waals surface area (Å²) in [7, 11) is 0. The van der Waals surface area contributed by atoms with Gasteiger partial charge < -0.3 is 15.4 Å². The Labute approximate surface area is 160 Å². The Kier molecular flexibility index (Phi) is 5.75. The Hall–Kier alpha value is -2.88. The molecule has 0 aliphatic carbocycles. The van der Waals surface area contributed by atoms with Gasteiger partial charge in [-0.3, -0.25) is 0 Å². The number of ether oxygens (including phenoxy) is 1. The van der Waals surface area contributed by atoms with Crippen molar-refractivity contribution >= 4 is 23.8 Å². The standard InChI is InChI=1S/C17H20N6O3S/c1-4-26-15(24)14-11(3)18-16(25)19-12(14)9-27-17-20-21-22-23(17)13-8-6-5-7-10(13)2/h5-8,11H,4,9H2,1-3H3,(H2,18,19,25). The first-order valence-corrected chi connectivity index (χ1v) is 9.44. The van der Waals surface area contributed by atoms with Gasteiger partial charge in [0.25, 0.3) is 0 Å². The number of para-hydroxylation sites is 1. The maximum Gasteiger partial charge on any atom is 0.337 e. The van der Waals surface area contributed by atoms with E-state index in [9.17, 15) is 9.59 Å². The molecule has 142 valence electrons. The zero-order valence-electron chi connectivity index (χ0n) is 15.2. The number of hydrogen-bond donors (Lipinski definition) is 2. The zero-order valence-corrected chi connectivity index (χ0v) is 16.0. The van der Waals surface area contributed by atoms with Gasteiger partial charge >= 0.3 is 12.0 Å². The van der Waals surface area contributed by atoms with Crippen LogP contribution in [0.5, 0.6) is 0 Å². The SMILES string of the molecule is CCOC(=O)C1=C(CSc2nnnn2-c2ccccc2C)NC(=O)NC1C. The van der Waals surface area contributed by atoms with E-state index >= 15 is 0 Å². The number of nitrogens with zero attached hydrogens (tertiary/aromatic N) is 4. The summed E-state index contributed by atoms with van der Waals surface area (Å²) in [6, 6.07) is 6.95. The molecule has 2 aromatic rings. The fourth-order valence-electron chi connectivity index (χ4n) is 2.75. The number of carbonyl (C=O) groups is 2. The van der Waals surface area contributed by atoms with Crippen molar-refractivity contribution in [3.05, 3.63) is 41.1 Å². The molecule has 0 spiro atoms. The number of aromatic nitrogens is 4. The predicted molar refractivity (Wildman–Crippen MR) is 99.4 cm³/mol. The van der Waals surface area contributed by atoms with Gasteiger partial charge in [-0.1, -0.05) is 30.0 Å². The average molecular weight is 388 g/mol. The molecule has 0 saturated carbocycles. The Balaban J connectivity index is 1.86. The number of urea groups is 1. The number of aryl methyl sites for hydroxylation is 1. The van der Waals surface area contributed by atoms with Crippen LogP contribution in [0.4, 0.5) is 4.79 Å². The van der Waals surface area contributed by atoms with Gasteiger partial charge in [0.1, 0.15) is 0 Å². The van der Waals surface area contributed by atoms with Crippen LogP contribution in [-0.2, 0) is 9.53 Å². The van der Waals surface area contributed by atoms with Gasteiger partial charge in [-0.2, -0.15) is 4.68 Å². The van der Waals surface area contributed by atoms with E-state index in [1.54, 1.807) is 18.5 Å². The largest absolute Gasteiger partial charge is 0.463 e. The van der Waals surface area contributed by atoms with Crippen molar-refractivity contribution in [1.29, 1.82) is 0 Å². The van der Waals surface area contributed by atoms with Gasteiger partial charge in [0.05, 0.1) is 23.9 Å². The van der Waals surface area contributed by atoms with Crippen molar-refractivity contribution in [3.63, 3.8) is 0 Å². The summed E-state index contributed by atoms with van der Waals surface area (Å²) in [5, 5.41) is 17.8. The molecule has 0 bridgehead atoms. The topological polar surface area (TPSA) is 111 Å². The molecule has 2 N–H and O–H groups in total. The van der Waals surface area contributed by atoms with Gasteiger partial charge in [0, 0.05) is 11.4 Å². The molecule has 9 nitrogen and oxygen atoms in total. The van der Waals surface area contributed by atoms with Crippen molar-refractivity contribution in [2.45, 2.75) is 32.0 Å². The highest BCUT2D eigenvalue weighted by molar-refractivity contribution is 7.99. The minimum atomic E-state index is -0.452. The number of carbonyl (C=O) groups excluding carboxylic acids is 2. The van der Waals surface area contributed by atoms with Crippen LogP contribution in [0.15, 0.2) is 40.7 Å². The summed E-state index contributed by atoms with van der Waals surface area (Å²) in [5.74, 6) is -0.135. The van der Waals surface area contributed by atoms with Crippen LogP contribution < -0.4 is 10.6 Å².